The minimum Gasteiger partial charge on any atom is -0.494 e. The topological polar surface area (TPSA) is 86.5 Å². The van der Waals surface area contributed by atoms with Crippen LogP contribution in [-0.4, -0.2) is 32.9 Å². The maximum Gasteiger partial charge on any atom is 0.343 e. The highest BCUT2D eigenvalue weighted by Gasteiger charge is 2.15. The maximum atomic E-state index is 12.6. The second-order valence-electron chi connectivity index (χ2n) is 7.13. The number of nitrogens with zero attached hydrogens (tertiary/aromatic N) is 3. The van der Waals surface area contributed by atoms with Crippen LogP contribution in [0.25, 0.3) is 21.8 Å². The monoisotopic (exact) mass is 405 g/mol. The van der Waals surface area contributed by atoms with E-state index in [0.717, 1.165) is 22.9 Å². The van der Waals surface area contributed by atoms with Gasteiger partial charge < -0.3 is 14.7 Å². The summed E-state index contributed by atoms with van der Waals surface area (Å²) in [6.07, 6.45) is 4.66. The van der Waals surface area contributed by atoms with E-state index in [2.05, 4.69) is 17.2 Å². The van der Waals surface area contributed by atoms with Gasteiger partial charge in [0.1, 0.15) is 11.3 Å². The summed E-state index contributed by atoms with van der Waals surface area (Å²) in [5.74, 6) is 0.561. The molecule has 0 unspecified atom stereocenters. The molecule has 7 heteroatoms. The van der Waals surface area contributed by atoms with Crippen LogP contribution in [0.2, 0.25) is 0 Å². The summed E-state index contributed by atoms with van der Waals surface area (Å²) in [6, 6.07) is 16.1. The predicted molar refractivity (Wildman–Crippen MR) is 113 cm³/mol. The molecule has 0 saturated carbocycles. The van der Waals surface area contributed by atoms with Gasteiger partial charge in [0.25, 0.3) is 0 Å². The van der Waals surface area contributed by atoms with E-state index in [1.54, 1.807) is 30.3 Å². The molecule has 0 saturated heterocycles. The van der Waals surface area contributed by atoms with Crippen molar-refractivity contribution >= 4 is 27.8 Å². The van der Waals surface area contributed by atoms with Crippen molar-refractivity contribution in [1.82, 2.24) is 15.2 Å². The first-order valence-corrected chi connectivity index (χ1v) is 10.1. The Balaban J connectivity index is 1.47. The Kier molecular flexibility index (Phi) is 5.79. The van der Waals surface area contributed by atoms with Crippen molar-refractivity contribution in [1.29, 1.82) is 0 Å². The number of benzene rings is 3. The summed E-state index contributed by atoms with van der Waals surface area (Å²) < 4.78 is 11.3. The Morgan fingerprint density at radius 3 is 2.73 bits per heavy atom. The molecule has 0 aliphatic heterocycles. The molecule has 30 heavy (non-hydrogen) atoms. The number of unbranched alkanes of at least 4 members (excludes halogenated alkanes) is 3. The van der Waals surface area contributed by atoms with Crippen LogP contribution in [0.5, 0.6) is 11.5 Å². The number of ether oxygens (including phenoxy) is 2. The highest BCUT2D eigenvalue weighted by atomic mass is 16.5. The standard InChI is InChI=1S/C23H23N3O4/c1-2-3-4-5-13-29-19-12-11-16-14-18(10-9-17(16)15-19)23(27)30-21-8-6-7-20-22(21)24-25-26(20)28/h6-12,14-15,28H,2-5,13H2,1H3. The summed E-state index contributed by atoms with van der Waals surface area (Å²) in [7, 11) is 0. The Morgan fingerprint density at radius 2 is 1.87 bits per heavy atom. The minimum atomic E-state index is -0.506. The van der Waals surface area contributed by atoms with Gasteiger partial charge in [0.05, 0.1) is 12.2 Å². The van der Waals surface area contributed by atoms with E-state index < -0.39 is 5.97 Å². The van der Waals surface area contributed by atoms with Gasteiger partial charge in [0, 0.05) is 0 Å². The van der Waals surface area contributed by atoms with E-state index in [0.29, 0.717) is 28.0 Å². The average molecular weight is 405 g/mol. The van der Waals surface area contributed by atoms with Crippen LogP contribution in [0.1, 0.15) is 43.0 Å². The number of aromatic nitrogens is 3. The van der Waals surface area contributed by atoms with Crippen molar-refractivity contribution in [2.24, 2.45) is 0 Å². The molecule has 0 radical (unpaired) electrons. The highest BCUT2D eigenvalue weighted by molar-refractivity contribution is 5.98. The van der Waals surface area contributed by atoms with Crippen molar-refractivity contribution in [2.45, 2.75) is 32.6 Å². The van der Waals surface area contributed by atoms with E-state index in [1.165, 1.54) is 19.3 Å². The molecular weight excluding hydrogens is 382 g/mol. The fraction of sp³-hybridized carbons (Fsp3) is 0.261. The Labute approximate surface area is 173 Å². The van der Waals surface area contributed by atoms with Crippen LogP contribution in [0.15, 0.2) is 54.6 Å². The normalized spacial score (nSPS) is 11.1. The molecule has 0 aliphatic rings. The maximum absolute atomic E-state index is 12.6. The fourth-order valence-corrected chi connectivity index (χ4v) is 3.31. The lowest BCUT2D eigenvalue weighted by Gasteiger charge is -2.09. The van der Waals surface area contributed by atoms with Crippen molar-refractivity contribution in [3.05, 3.63) is 60.2 Å². The van der Waals surface area contributed by atoms with Crippen molar-refractivity contribution < 1.29 is 19.5 Å². The van der Waals surface area contributed by atoms with Crippen LogP contribution >= 0.6 is 0 Å². The zero-order valence-corrected chi connectivity index (χ0v) is 16.7. The lowest BCUT2D eigenvalue weighted by atomic mass is 10.1. The Morgan fingerprint density at radius 1 is 1.03 bits per heavy atom. The summed E-state index contributed by atoms with van der Waals surface area (Å²) in [4.78, 5) is 13.3. The van der Waals surface area contributed by atoms with Crippen LogP contribution in [0.4, 0.5) is 0 Å². The third-order valence-corrected chi connectivity index (χ3v) is 4.94. The van der Waals surface area contributed by atoms with Gasteiger partial charge in [-0.1, -0.05) is 49.2 Å². The molecule has 4 aromatic rings. The molecule has 1 N–H and O–H groups in total. The van der Waals surface area contributed by atoms with Crippen LogP contribution < -0.4 is 9.47 Å². The quantitative estimate of drug-likeness (QED) is 0.192. The van der Waals surface area contributed by atoms with Gasteiger partial charge in [0.2, 0.25) is 0 Å². The van der Waals surface area contributed by atoms with E-state index in [4.69, 9.17) is 9.47 Å². The zero-order chi connectivity index (χ0) is 20.9. The molecule has 0 fully saturated rings. The average Bonchev–Trinajstić information content (AvgIpc) is 3.15. The molecule has 1 heterocycles. The van der Waals surface area contributed by atoms with Gasteiger partial charge in [-0.25, -0.2) is 4.79 Å². The number of fused-ring (bicyclic) bond motifs is 2. The summed E-state index contributed by atoms with van der Waals surface area (Å²) in [5.41, 5.74) is 1.10. The van der Waals surface area contributed by atoms with Gasteiger partial charge in [-0.15, -0.1) is 5.10 Å². The predicted octanol–water partition coefficient (Wildman–Crippen LogP) is 5.00. The highest BCUT2D eigenvalue weighted by Crippen LogP contribution is 2.26. The first-order chi connectivity index (χ1) is 14.7. The van der Waals surface area contributed by atoms with Crippen LogP contribution in [0, 0.1) is 0 Å². The Hall–Kier alpha value is -3.61. The third kappa shape index (κ3) is 4.20. The van der Waals surface area contributed by atoms with Gasteiger partial charge in [0.15, 0.2) is 11.3 Å². The SMILES string of the molecule is CCCCCCOc1ccc2cc(C(=O)Oc3cccc4c3nnn4O)ccc2c1. The number of rotatable bonds is 8. The van der Waals surface area contributed by atoms with E-state index in [9.17, 15) is 10.0 Å². The third-order valence-electron chi connectivity index (χ3n) is 4.94. The van der Waals surface area contributed by atoms with Crippen molar-refractivity contribution in [3.8, 4) is 11.5 Å². The molecule has 0 atom stereocenters. The first-order valence-electron chi connectivity index (χ1n) is 10.1. The second kappa shape index (κ2) is 8.82. The summed E-state index contributed by atoms with van der Waals surface area (Å²) in [5, 5.41) is 18.9. The molecule has 4 rings (SSSR count). The van der Waals surface area contributed by atoms with E-state index >= 15 is 0 Å². The van der Waals surface area contributed by atoms with Crippen LogP contribution in [0.3, 0.4) is 0 Å². The lowest BCUT2D eigenvalue weighted by Crippen LogP contribution is -2.08. The van der Waals surface area contributed by atoms with E-state index in [-0.39, 0.29) is 5.75 Å². The van der Waals surface area contributed by atoms with Crippen molar-refractivity contribution in [3.63, 3.8) is 0 Å². The fourth-order valence-electron chi connectivity index (χ4n) is 3.31. The number of hydrogen-bond donors (Lipinski definition) is 1. The molecule has 0 amide bonds. The largest absolute Gasteiger partial charge is 0.494 e. The smallest absolute Gasteiger partial charge is 0.343 e. The van der Waals surface area contributed by atoms with Crippen molar-refractivity contribution in [2.75, 3.05) is 6.61 Å². The minimum absolute atomic E-state index is 0.240. The molecule has 0 spiro atoms. The molecule has 3 aromatic carbocycles. The van der Waals surface area contributed by atoms with E-state index in [1.807, 2.05) is 24.3 Å². The van der Waals surface area contributed by atoms with Gasteiger partial charge in [-0.2, -0.15) is 0 Å². The Bertz CT molecular complexity index is 1190. The molecule has 1 aromatic heterocycles. The molecule has 0 aliphatic carbocycles. The number of esters is 1. The molecule has 7 nitrogen and oxygen atoms in total. The summed E-state index contributed by atoms with van der Waals surface area (Å²) in [6.45, 7) is 2.90. The number of carbonyl (C=O) groups is 1. The van der Waals surface area contributed by atoms with Gasteiger partial charge in [-0.3, -0.25) is 0 Å². The first kappa shape index (κ1) is 19.7. The molecule has 154 valence electrons. The zero-order valence-electron chi connectivity index (χ0n) is 16.7. The van der Waals surface area contributed by atoms with Gasteiger partial charge >= 0.3 is 5.97 Å². The summed E-state index contributed by atoms with van der Waals surface area (Å²) >= 11 is 0. The second-order valence-corrected chi connectivity index (χ2v) is 7.13. The molecular formula is C23H23N3O4. The number of hydrogen-bond acceptors (Lipinski definition) is 6. The lowest BCUT2D eigenvalue weighted by molar-refractivity contribution is 0.0737. The number of carbonyl (C=O) groups excluding carboxylic acids is 1. The van der Waals surface area contributed by atoms with Gasteiger partial charge in [-0.05, 0) is 58.8 Å². The van der Waals surface area contributed by atoms with Crippen LogP contribution in [-0.2, 0) is 0 Å². The molecule has 0 bridgehead atoms.